The number of nitrogens with zero attached hydrogens (tertiary/aromatic N) is 14. The van der Waals surface area contributed by atoms with Crippen LogP contribution in [0.25, 0.3) is 49.9 Å². The molecule has 3 aromatic carbocycles. The minimum absolute atomic E-state index is 0.00559. The monoisotopic (exact) mass is 1540 g/mol. The fraction of sp³-hybridized carbons (Fsp3) is 0.435. The molecular formula is C85H91N19O10. The van der Waals surface area contributed by atoms with E-state index in [1.165, 1.54) is 15.3 Å². The number of pyridine rings is 2. The number of rotatable bonds is 19. The number of likely N-dealkylation sites (tertiary alicyclic amines) is 2. The highest BCUT2D eigenvalue weighted by molar-refractivity contribution is 6.04. The lowest BCUT2D eigenvalue weighted by molar-refractivity contribution is -0.137. The number of nitriles is 2. The molecule has 5 N–H and O–H groups in total. The summed E-state index contributed by atoms with van der Waals surface area (Å²) in [6, 6.07) is 29.6. The number of piperidine rings is 4. The van der Waals surface area contributed by atoms with Gasteiger partial charge in [-0.05, 0) is 213 Å². The van der Waals surface area contributed by atoms with Crippen molar-refractivity contribution in [3.05, 3.63) is 164 Å². The number of imide groups is 2. The van der Waals surface area contributed by atoms with E-state index < -0.39 is 29.8 Å². The summed E-state index contributed by atoms with van der Waals surface area (Å²) >= 11 is 0. The van der Waals surface area contributed by atoms with Crippen LogP contribution in [-0.2, 0) is 38.0 Å². The van der Waals surface area contributed by atoms with Crippen LogP contribution in [0.2, 0.25) is 0 Å². The average molecular weight is 1540 g/mol. The van der Waals surface area contributed by atoms with Crippen LogP contribution in [0.3, 0.4) is 0 Å². The number of carbonyl (C=O) groups is 6. The van der Waals surface area contributed by atoms with Crippen molar-refractivity contribution in [2.45, 2.75) is 158 Å². The van der Waals surface area contributed by atoms with Gasteiger partial charge in [0.1, 0.15) is 48.0 Å². The molecule has 0 spiro atoms. The van der Waals surface area contributed by atoms with E-state index in [4.69, 9.17) is 19.6 Å². The van der Waals surface area contributed by atoms with Crippen molar-refractivity contribution in [1.82, 2.24) is 73.4 Å². The Morgan fingerprint density at radius 3 is 2.14 bits per heavy atom. The predicted octanol–water partition coefficient (Wildman–Crippen LogP) is 8.95. The molecule has 0 radical (unpaired) electrons. The Morgan fingerprint density at radius 1 is 0.719 bits per heavy atom. The maximum Gasteiger partial charge on any atom is 0.329 e. The summed E-state index contributed by atoms with van der Waals surface area (Å²) in [5.41, 5.74) is 8.63. The molecule has 2 saturated carbocycles. The summed E-state index contributed by atoms with van der Waals surface area (Å²) in [6.07, 6.45) is 14.9. The summed E-state index contributed by atoms with van der Waals surface area (Å²) < 4.78 is 22.8. The molecule has 586 valence electrons. The van der Waals surface area contributed by atoms with Crippen LogP contribution in [0.1, 0.15) is 177 Å². The number of benzene rings is 3. The normalized spacial score (nSPS) is 21.8. The molecule has 4 aliphatic heterocycles. The van der Waals surface area contributed by atoms with Gasteiger partial charge >= 0.3 is 11.4 Å². The number of nitrogens with one attached hydrogen (secondary N) is 5. The number of hydrogen-bond donors (Lipinski definition) is 5. The Morgan fingerprint density at radius 2 is 1.44 bits per heavy atom. The van der Waals surface area contributed by atoms with Gasteiger partial charge in [-0.1, -0.05) is 24.0 Å². The number of amides is 6. The fourth-order valence-electron chi connectivity index (χ4n) is 19.0. The van der Waals surface area contributed by atoms with Gasteiger partial charge in [0.15, 0.2) is 0 Å². The number of carbonyl (C=O) groups excluding carboxylic acids is 6. The quantitative estimate of drug-likeness (QED) is 0.0372. The van der Waals surface area contributed by atoms with Crippen LogP contribution >= 0.6 is 0 Å². The number of imidazole rings is 2. The molecular weight excluding hydrogens is 1450 g/mol. The lowest BCUT2D eigenvalue weighted by atomic mass is 9.67. The highest BCUT2D eigenvalue weighted by Crippen LogP contribution is 2.48. The Hall–Kier alpha value is -12.1. The first kappa shape index (κ1) is 75.9. The molecule has 6 atom stereocenters. The van der Waals surface area contributed by atoms with E-state index in [1.54, 1.807) is 71.4 Å². The average Bonchev–Trinajstić information content (AvgIpc) is 1.57. The van der Waals surface area contributed by atoms with E-state index in [-0.39, 0.29) is 121 Å². The molecule has 29 nitrogen and oxygen atoms in total. The van der Waals surface area contributed by atoms with Crippen LogP contribution in [0.4, 0.5) is 11.4 Å². The second-order valence-corrected chi connectivity index (χ2v) is 31.7. The molecule has 4 saturated heterocycles. The van der Waals surface area contributed by atoms with Gasteiger partial charge in [0.25, 0.3) is 11.8 Å². The van der Waals surface area contributed by atoms with Crippen LogP contribution in [0.15, 0.2) is 119 Å². The number of fused-ring (bicyclic) bond motifs is 4. The van der Waals surface area contributed by atoms with Crippen LogP contribution in [-0.4, -0.2) is 164 Å². The van der Waals surface area contributed by atoms with Gasteiger partial charge in [0.2, 0.25) is 23.6 Å². The predicted molar refractivity (Wildman–Crippen MR) is 425 cm³/mol. The van der Waals surface area contributed by atoms with Gasteiger partial charge in [0, 0.05) is 93.7 Å². The van der Waals surface area contributed by atoms with Gasteiger partial charge in [-0.3, -0.25) is 72.2 Å². The number of ether oxygens (including phenoxy) is 2. The van der Waals surface area contributed by atoms with Crippen molar-refractivity contribution in [3.63, 3.8) is 0 Å². The van der Waals surface area contributed by atoms with Crippen LogP contribution < -0.4 is 42.7 Å². The van der Waals surface area contributed by atoms with Crippen LogP contribution in [0, 0.1) is 52.3 Å². The van der Waals surface area contributed by atoms with Gasteiger partial charge in [-0.2, -0.15) is 20.7 Å². The third-order valence-corrected chi connectivity index (χ3v) is 24.3. The summed E-state index contributed by atoms with van der Waals surface area (Å²) in [6.45, 7) is 8.23. The van der Waals surface area contributed by atoms with Gasteiger partial charge in [0.05, 0.1) is 92.3 Å². The molecule has 16 rings (SSSR count). The number of aryl methyl sites for hydroxylation is 2. The maximum atomic E-state index is 14.8. The smallest absolute Gasteiger partial charge is 0.329 e. The molecule has 11 heterocycles. The summed E-state index contributed by atoms with van der Waals surface area (Å²) in [5, 5.41) is 44.7. The second kappa shape index (κ2) is 32.2. The number of aromatic nitrogens is 10. The third kappa shape index (κ3) is 15.0. The zero-order chi connectivity index (χ0) is 79.2. The molecule has 29 heteroatoms. The lowest BCUT2D eigenvalue weighted by Crippen LogP contribution is -2.54. The first-order valence-electron chi connectivity index (χ1n) is 39.6. The number of hydrogen-bond acceptors (Lipinski definition) is 19. The van der Waals surface area contributed by atoms with Crippen molar-refractivity contribution in [2.24, 2.45) is 31.8 Å². The molecule has 7 aromatic heterocycles. The van der Waals surface area contributed by atoms with Crippen molar-refractivity contribution in [1.29, 1.82) is 10.5 Å². The van der Waals surface area contributed by atoms with E-state index in [1.807, 2.05) is 80.6 Å². The van der Waals surface area contributed by atoms with Gasteiger partial charge < -0.3 is 30.3 Å². The summed E-state index contributed by atoms with van der Waals surface area (Å²) in [4.78, 5) is 121. The highest BCUT2D eigenvalue weighted by Gasteiger charge is 2.46. The SMILES string of the molecule is COc1ccc2c(c1C1CCN(C[C@H]3CC[C@H](n4cc5cc(NC(=O)c6cccc(C#N)n6)ccc5n4)C(C(C4CCC(NC(=O)c5cnc(-c6ccc7cc(C#N)cnn67)cc5NC(C)C)CC4)N4CCC(OCC#Cc5cccc6c5n(C)c(=O)n6C5CCC(=O)NC5=O)CC4)C3)CC1)n(C)c(=O)n2C1CCC(=O)NC1=O. The minimum atomic E-state index is -0.827. The van der Waals surface area contributed by atoms with Crippen molar-refractivity contribution >= 4 is 85.3 Å². The summed E-state index contributed by atoms with van der Waals surface area (Å²) in [5.74, 6) is 5.55. The molecule has 6 aliphatic rings. The number of methoxy groups -OCH3 is 1. The van der Waals surface area contributed by atoms with E-state index in [0.29, 0.717) is 62.0 Å². The Labute approximate surface area is 657 Å². The molecule has 0 bridgehead atoms. The van der Waals surface area contributed by atoms with Crippen molar-refractivity contribution < 1.29 is 38.2 Å². The Kier molecular flexibility index (Phi) is 21.4. The first-order chi connectivity index (χ1) is 55.3. The maximum absolute atomic E-state index is 14.8. The first-order valence-corrected chi connectivity index (χ1v) is 39.6. The van der Waals surface area contributed by atoms with Crippen LogP contribution in [0.5, 0.6) is 5.75 Å². The third-order valence-electron chi connectivity index (χ3n) is 24.3. The van der Waals surface area contributed by atoms with Crippen molar-refractivity contribution in [3.8, 4) is 41.1 Å². The van der Waals surface area contributed by atoms with E-state index in [2.05, 4.69) is 75.3 Å². The molecule has 4 unspecified atom stereocenters. The molecule has 2 aliphatic carbocycles. The van der Waals surface area contributed by atoms with Gasteiger partial charge in [-0.25, -0.2) is 19.1 Å². The number of para-hydroxylation sites is 1. The van der Waals surface area contributed by atoms with E-state index in [9.17, 15) is 48.9 Å². The topological polar surface area (TPSA) is 350 Å². The standard InChI is InChI=1S/C85H91N19O10/c1-49(2)90-65-42-66(68-23-20-59-39-51(43-86)45-89-104(59)68)88-46-62(65)80(107)92-56-17-15-54(16-18-56)77(100-36-32-60(33-37-100)114-38-8-10-53-9-6-13-69-78(53)97(3)84(111)102(69)71-25-28-74(105)94-82(71)109)61-40-50(14-22-67(61)101-48-55-41-57(19-21-63(55)96-101)93-81(108)64-12-7-11-58(44-87)91-64)47-99-34-30-52(31-35-99)76-73(113-5)27-24-70-79(76)98(4)85(112)103(70)72-26-29-75(106)95-83(72)110/h6-7,9,11-13,19-21,23-24,27,39,41-42,45-46,48-50,52,54,56,60-61,67,71-72,77H,14-18,22,25-26,28-38,40,47H2,1-5H3,(H,88,90)(H,92,107)(H,93,108)(H,94,105,109)(H,95,106,110)/t50-,54?,56?,61?,67-,71?,72?,77?/m0/s1. The molecule has 10 aromatic rings. The Bertz CT molecular complexity index is 5750. The van der Waals surface area contributed by atoms with Gasteiger partial charge in [-0.15, -0.1) is 0 Å². The zero-order valence-corrected chi connectivity index (χ0v) is 64.4. The zero-order valence-electron chi connectivity index (χ0n) is 64.4. The fourth-order valence-corrected chi connectivity index (χ4v) is 19.0. The van der Waals surface area contributed by atoms with E-state index >= 15 is 0 Å². The summed E-state index contributed by atoms with van der Waals surface area (Å²) in [7, 11) is 5.06. The largest absolute Gasteiger partial charge is 0.496 e. The number of anilines is 2. The molecule has 114 heavy (non-hydrogen) atoms. The lowest BCUT2D eigenvalue weighted by Gasteiger charge is -2.51. The second-order valence-electron chi connectivity index (χ2n) is 31.7. The van der Waals surface area contributed by atoms with Crippen molar-refractivity contribution in [2.75, 3.05) is 57.1 Å². The molecule has 6 fully saturated rings. The highest BCUT2D eigenvalue weighted by atomic mass is 16.5. The molecule has 6 amide bonds. The van der Waals surface area contributed by atoms with E-state index in [0.717, 1.165) is 137 Å². The minimum Gasteiger partial charge on any atom is -0.496 e. The Balaban J connectivity index is 0.681.